The largest absolute Gasteiger partial charge is 0.497 e. The molecule has 4 nitrogen and oxygen atoms in total. The van der Waals surface area contributed by atoms with Crippen LogP contribution in [0.25, 0.3) is 0 Å². The summed E-state index contributed by atoms with van der Waals surface area (Å²) >= 11 is 0. The first-order valence-electron chi connectivity index (χ1n) is 6.58. The fourth-order valence-corrected chi connectivity index (χ4v) is 1.94. The Kier molecular flexibility index (Phi) is 4.58. The van der Waals surface area contributed by atoms with Crippen molar-refractivity contribution in [2.45, 2.75) is 26.5 Å². The van der Waals surface area contributed by atoms with Gasteiger partial charge in [-0.2, -0.15) is 0 Å². The highest BCUT2D eigenvalue weighted by Gasteiger charge is 2.04. The van der Waals surface area contributed by atoms with Gasteiger partial charge in [0.05, 0.1) is 12.8 Å². The first-order chi connectivity index (χ1) is 9.58. The molecule has 0 saturated carbocycles. The molecule has 1 aromatic heterocycles. The Labute approximate surface area is 119 Å². The molecule has 0 radical (unpaired) electrons. The van der Waals surface area contributed by atoms with Crippen LogP contribution in [-0.2, 0) is 6.61 Å². The van der Waals surface area contributed by atoms with Crippen molar-refractivity contribution in [2.75, 3.05) is 7.11 Å². The molecule has 0 spiro atoms. The van der Waals surface area contributed by atoms with Crippen LogP contribution in [-0.4, -0.2) is 12.1 Å². The maximum atomic E-state index is 5.86. The highest BCUT2D eigenvalue weighted by molar-refractivity contribution is 5.31. The summed E-state index contributed by atoms with van der Waals surface area (Å²) < 4.78 is 11.0. The van der Waals surface area contributed by atoms with Crippen LogP contribution < -0.4 is 15.2 Å². The number of nitrogens with zero attached hydrogens (tertiary/aromatic N) is 1. The fraction of sp³-hybridized carbons (Fsp3) is 0.312. The first kappa shape index (κ1) is 14.3. The standard InChI is InChI=1S/C16H20N2O2/c1-11-7-16(19-3)9-14(18-11)10-20-15-6-4-5-13(8-15)12(2)17/h4-9,12H,10,17H2,1-3H3/t12-/m0/s1. The highest BCUT2D eigenvalue weighted by Crippen LogP contribution is 2.19. The van der Waals surface area contributed by atoms with Crippen LogP contribution in [0.2, 0.25) is 0 Å². The van der Waals surface area contributed by atoms with Gasteiger partial charge in [-0.3, -0.25) is 4.98 Å². The van der Waals surface area contributed by atoms with E-state index in [2.05, 4.69) is 4.98 Å². The lowest BCUT2D eigenvalue weighted by Gasteiger charge is -2.11. The number of rotatable bonds is 5. The number of ether oxygens (including phenoxy) is 2. The summed E-state index contributed by atoms with van der Waals surface area (Å²) in [6, 6.07) is 11.6. The second-order valence-corrected chi connectivity index (χ2v) is 4.79. The third kappa shape index (κ3) is 3.71. The minimum atomic E-state index is -0.00395. The van der Waals surface area contributed by atoms with Gasteiger partial charge in [-0.1, -0.05) is 12.1 Å². The normalized spacial score (nSPS) is 12.0. The third-order valence-corrected chi connectivity index (χ3v) is 2.99. The predicted molar refractivity (Wildman–Crippen MR) is 78.9 cm³/mol. The van der Waals surface area contributed by atoms with Crippen molar-refractivity contribution in [3.05, 3.63) is 53.3 Å². The summed E-state index contributed by atoms with van der Waals surface area (Å²) in [6.07, 6.45) is 0. The predicted octanol–water partition coefficient (Wildman–Crippen LogP) is 3.00. The zero-order valence-electron chi connectivity index (χ0n) is 12.1. The van der Waals surface area contributed by atoms with Gasteiger partial charge in [0.2, 0.25) is 0 Å². The number of hydrogen-bond donors (Lipinski definition) is 1. The number of nitrogens with two attached hydrogens (primary N) is 1. The van der Waals surface area contributed by atoms with E-state index < -0.39 is 0 Å². The van der Waals surface area contributed by atoms with E-state index in [-0.39, 0.29) is 6.04 Å². The van der Waals surface area contributed by atoms with Crippen molar-refractivity contribution in [2.24, 2.45) is 5.73 Å². The van der Waals surface area contributed by atoms with E-state index >= 15 is 0 Å². The molecule has 20 heavy (non-hydrogen) atoms. The average molecular weight is 272 g/mol. The van der Waals surface area contributed by atoms with E-state index in [1.54, 1.807) is 7.11 Å². The van der Waals surface area contributed by atoms with Crippen LogP contribution in [0.3, 0.4) is 0 Å². The molecule has 0 unspecified atom stereocenters. The second-order valence-electron chi connectivity index (χ2n) is 4.79. The van der Waals surface area contributed by atoms with Gasteiger partial charge in [0.15, 0.2) is 0 Å². The zero-order chi connectivity index (χ0) is 14.5. The Bertz CT molecular complexity index is 582. The molecule has 0 aliphatic heterocycles. The van der Waals surface area contributed by atoms with Crippen LogP contribution in [0.5, 0.6) is 11.5 Å². The number of pyridine rings is 1. The molecule has 0 saturated heterocycles. The maximum Gasteiger partial charge on any atom is 0.130 e. The average Bonchev–Trinajstić information content (AvgIpc) is 2.44. The zero-order valence-corrected chi connectivity index (χ0v) is 12.1. The molecular formula is C16H20N2O2. The highest BCUT2D eigenvalue weighted by atomic mass is 16.5. The molecule has 1 atom stereocenters. The van der Waals surface area contributed by atoms with Crippen LogP contribution >= 0.6 is 0 Å². The van der Waals surface area contributed by atoms with Gasteiger partial charge in [0.25, 0.3) is 0 Å². The number of aryl methyl sites for hydroxylation is 1. The van der Waals surface area contributed by atoms with Gasteiger partial charge >= 0.3 is 0 Å². The van der Waals surface area contributed by atoms with Crippen molar-refractivity contribution in [1.29, 1.82) is 0 Å². The van der Waals surface area contributed by atoms with E-state index in [1.165, 1.54) is 0 Å². The number of hydrogen-bond acceptors (Lipinski definition) is 4. The Balaban J connectivity index is 2.08. The molecule has 106 valence electrons. The van der Waals surface area contributed by atoms with Crippen LogP contribution in [0.1, 0.15) is 29.9 Å². The van der Waals surface area contributed by atoms with E-state index in [0.29, 0.717) is 6.61 Å². The smallest absolute Gasteiger partial charge is 0.130 e. The minimum absolute atomic E-state index is 0.00395. The lowest BCUT2D eigenvalue weighted by atomic mass is 10.1. The Hall–Kier alpha value is -2.07. The summed E-state index contributed by atoms with van der Waals surface area (Å²) in [5.74, 6) is 1.59. The monoisotopic (exact) mass is 272 g/mol. The summed E-state index contributed by atoms with van der Waals surface area (Å²) in [6.45, 7) is 4.29. The molecular weight excluding hydrogens is 252 g/mol. The van der Waals surface area contributed by atoms with E-state index in [4.69, 9.17) is 15.2 Å². The molecule has 2 aromatic rings. The van der Waals surface area contributed by atoms with Gasteiger partial charge < -0.3 is 15.2 Å². The molecule has 2 rings (SSSR count). The quantitative estimate of drug-likeness (QED) is 0.909. The molecule has 0 aliphatic rings. The van der Waals surface area contributed by atoms with Crippen molar-refractivity contribution < 1.29 is 9.47 Å². The van der Waals surface area contributed by atoms with Crippen molar-refractivity contribution in [3.63, 3.8) is 0 Å². The van der Waals surface area contributed by atoms with Gasteiger partial charge in [-0.25, -0.2) is 0 Å². The SMILES string of the molecule is COc1cc(C)nc(COc2cccc([C@H](C)N)c2)c1. The summed E-state index contributed by atoms with van der Waals surface area (Å²) in [5.41, 5.74) is 8.67. The number of aromatic nitrogens is 1. The molecule has 0 amide bonds. The molecule has 1 aromatic carbocycles. The summed E-state index contributed by atoms with van der Waals surface area (Å²) in [5, 5.41) is 0. The topological polar surface area (TPSA) is 57.4 Å². The van der Waals surface area contributed by atoms with Crippen molar-refractivity contribution in [3.8, 4) is 11.5 Å². The Morgan fingerprint density at radius 3 is 2.70 bits per heavy atom. The van der Waals surface area contributed by atoms with E-state index in [1.807, 2.05) is 50.2 Å². The molecule has 0 aliphatic carbocycles. The Morgan fingerprint density at radius 2 is 2.00 bits per heavy atom. The first-order valence-corrected chi connectivity index (χ1v) is 6.58. The van der Waals surface area contributed by atoms with Crippen LogP contribution in [0.15, 0.2) is 36.4 Å². The van der Waals surface area contributed by atoms with Gasteiger partial charge in [0.1, 0.15) is 18.1 Å². The van der Waals surface area contributed by atoms with E-state index in [9.17, 15) is 0 Å². The lowest BCUT2D eigenvalue weighted by Crippen LogP contribution is -2.05. The van der Waals surface area contributed by atoms with Crippen LogP contribution in [0.4, 0.5) is 0 Å². The van der Waals surface area contributed by atoms with Crippen LogP contribution in [0, 0.1) is 6.92 Å². The third-order valence-electron chi connectivity index (χ3n) is 2.99. The van der Waals surface area contributed by atoms with Gasteiger partial charge in [-0.05, 0) is 31.5 Å². The lowest BCUT2D eigenvalue weighted by molar-refractivity contribution is 0.299. The molecule has 1 heterocycles. The molecule has 2 N–H and O–H groups in total. The second kappa shape index (κ2) is 6.39. The van der Waals surface area contributed by atoms with Gasteiger partial charge in [0, 0.05) is 23.9 Å². The molecule has 0 bridgehead atoms. The Morgan fingerprint density at radius 1 is 1.20 bits per heavy atom. The van der Waals surface area contributed by atoms with Gasteiger partial charge in [-0.15, -0.1) is 0 Å². The molecule has 0 fully saturated rings. The van der Waals surface area contributed by atoms with Crippen molar-refractivity contribution >= 4 is 0 Å². The summed E-state index contributed by atoms with van der Waals surface area (Å²) in [7, 11) is 1.64. The fourth-order valence-electron chi connectivity index (χ4n) is 1.94. The maximum absolute atomic E-state index is 5.86. The minimum Gasteiger partial charge on any atom is -0.497 e. The molecule has 4 heteroatoms. The number of methoxy groups -OCH3 is 1. The summed E-state index contributed by atoms with van der Waals surface area (Å²) in [4.78, 5) is 4.42. The van der Waals surface area contributed by atoms with Crippen molar-refractivity contribution in [1.82, 2.24) is 4.98 Å². The van der Waals surface area contributed by atoms with E-state index in [0.717, 1.165) is 28.5 Å². The number of benzene rings is 1.